The third-order valence-corrected chi connectivity index (χ3v) is 9.84. The molecule has 248 valence electrons. The number of hydrogen-bond acceptors (Lipinski definition) is 4. The molecule has 5 N–H and O–H groups in total. The predicted molar refractivity (Wildman–Crippen MR) is 180 cm³/mol. The second-order valence-corrected chi connectivity index (χ2v) is 13.6. The second-order valence-electron chi connectivity index (χ2n) is 12.3. The van der Waals surface area contributed by atoms with Crippen LogP contribution in [0, 0.1) is 11.8 Å². The molecule has 1 unspecified atom stereocenters. The summed E-state index contributed by atoms with van der Waals surface area (Å²) >= 11 is 18.9. The molecule has 4 rings (SSSR count). The Morgan fingerprint density at radius 2 is 1.72 bits per heavy atom. The van der Waals surface area contributed by atoms with E-state index in [2.05, 4.69) is 10.3 Å². The largest absolute Gasteiger partial charge is 0.465 e. The van der Waals surface area contributed by atoms with Crippen LogP contribution in [0.1, 0.15) is 63.8 Å². The van der Waals surface area contributed by atoms with Gasteiger partial charge in [0, 0.05) is 40.6 Å². The molecule has 0 bridgehead atoms. The average molecular weight is 693 g/mol. The molecular weight excluding hydrogens is 653 g/mol. The van der Waals surface area contributed by atoms with Gasteiger partial charge in [0.25, 0.3) is 5.91 Å². The van der Waals surface area contributed by atoms with Crippen LogP contribution in [0.5, 0.6) is 0 Å². The lowest BCUT2D eigenvalue weighted by Crippen LogP contribution is -2.67. The van der Waals surface area contributed by atoms with Crippen molar-refractivity contribution in [2.24, 2.45) is 17.6 Å². The summed E-state index contributed by atoms with van der Waals surface area (Å²) in [6.07, 6.45) is 0.346. The van der Waals surface area contributed by atoms with Crippen LogP contribution >= 0.6 is 34.8 Å². The minimum absolute atomic E-state index is 0.00530. The van der Waals surface area contributed by atoms with E-state index in [9.17, 15) is 24.3 Å². The first-order valence-electron chi connectivity index (χ1n) is 15.4. The minimum Gasteiger partial charge on any atom is -0.465 e. The van der Waals surface area contributed by atoms with Crippen LogP contribution in [0.2, 0.25) is 15.1 Å². The highest BCUT2D eigenvalue weighted by molar-refractivity contribution is 6.38. The Morgan fingerprint density at radius 1 is 1.04 bits per heavy atom. The van der Waals surface area contributed by atoms with Crippen molar-refractivity contribution in [3.05, 3.63) is 68.3 Å². The molecule has 0 saturated heterocycles. The number of carbonyl (C=O) groups excluding carboxylic acids is 3. The van der Waals surface area contributed by atoms with Gasteiger partial charge in [-0.05, 0) is 60.1 Å². The van der Waals surface area contributed by atoms with Gasteiger partial charge in [0.05, 0.1) is 10.5 Å². The number of rotatable bonds is 11. The summed E-state index contributed by atoms with van der Waals surface area (Å²) in [5.74, 6) is -1.77. The van der Waals surface area contributed by atoms with Crippen molar-refractivity contribution < 1.29 is 24.3 Å². The first kappa shape index (κ1) is 35.4. The van der Waals surface area contributed by atoms with Gasteiger partial charge in [-0.15, -0.1) is 0 Å². The number of aromatic nitrogens is 1. The molecule has 3 aromatic rings. The Bertz CT molecular complexity index is 1630. The molecule has 1 aliphatic carbocycles. The average Bonchev–Trinajstić information content (AvgIpc) is 3.37. The first-order valence-corrected chi connectivity index (χ1v) is 16.5. The Morgan fingerprint density at radius 3 is 2.30 bits per heavy atom. The van der Waals surface area contributed by atoms with E-state index in [1.165, 1.54) is 0 Å². The summed E-state index contributed by atoms with van der Waals surface area (Å²) in [7, 11) is 0. The molecule has 0 spiro atoms. The number of aryl methyl sites for hydroxylation is 1. The predicted octanol–water partition coefficient (Wildman–Crippen LogP) is 7.02. The van der Waals surface area contributed by atoms with Gasteiger partial charge >= 0.3 is 12.1 Å². The molecule has 0 radical (unpaired) electrons. The zero-order valence-corrected chi connectivity index (χ0v) is 28.6. The van der Waals surface area contributed by atoms with E-state index >= 15 is 0 Å². The Kier molecular flexibility index (Phi) is 11.2. The molecule has 1 aliphatic rings. The van der Waals surface area contributed by atoms with Gasteiger partial charge in [0.15, 0.2) is 0 Å². The monoisotopic (exact) mass is 691 g/mol. The fraction of sp³-hybridized carbons (Fsp3) is 0.455. The first-order chi connectivity index (χ1) is 21.7. The van der Waals surface area contributed by atoms with Gasteiger partial charge in [0.1, 0.15) is 11.6 Å². The Hall–Kier alpha value is -3.47. The fourth-order valence-corrected chi connectivity index (χ4v) is 6.76. The minimum atomic E-state index is -1.62. The number of carbonyl (C=O) groups is 4. The van der Waals surface area contributed by atoms with Crippen LogP contribution in [0.15, 0.2) is 36.4 Å². The lowest BCUT2D eigenvalue weighted by molar-refractivity contribution is -0.142. The van der Waals surface area contributed by atoms with E-state index < -0.39 is 41.4 Å². The summed E-state index contributed by atoms with van der Waals surface area (Å²) in [4.78, 5) is 59.8. The number of imide groups is 1. The van der Waals surface area contributed by atoms with Gasteiger partial charge in [0.2, 0.25) is 5.91 Å². The zero-order valence-electron chi connectivity index (χ0n) is 26.3. The van der Waals surface area contributed by atoms with E-state index in [1.54, 1.807) is 43.3 Å². The summed E-state index contributed by atoms with van der Waals surface area (Å²) in [6.45, 7) is 7.47. The number of H-pyrrole nitrogens is 1. The van der Waals surface area contributed by atoms with E-state index in [1.807, 2.05) is 20.8 Å². The van der Waals surface area contributed by atoms with Crippen molar-refractivity contribution >= 4 is 69.6 Å². The standard InChI is InChI=1S/C33H40Cl3N5O5/c1-5-18(3)16-41(31(37)44)30(43)33(12-11-26-24(15-33)23-13-22(35)14-25(36)27(23)38-26)39-29(42)28(19(4)6-2)40(32(45)46)17-20-7-9-21(34)10-8-20/h7-10,13-14,18-19,28,38H,5-6,11-12,15-17H2,1-4H3,(H2,37,44)(H,39,42)(H,45,46)/t18-,19?,28-,33+/m0/s1. The van der Waals surface area contributed by atoms with Crippen LogP contribution < -0.4 is 11.1 Å². The highest BCUT2D eigenvalue weighted by Crippen LogP contribution is 2.39. The maximum atomic E-state index is 14.5. The van der Waals surface area contributed by atoms with Crippen LogP contribution in [0.4, 0.5) is 9.59 Å². The second kappa shape index (κ2) is 14.5. The van der Waals surface area contributed by atoms with E-state index in [-0.39, 0.29) is 31.8 Å². The molecular formula is C33H40Cl3N5O5. The van der Waals surface area contributed by atoms with Crippen molar-refractivity contribution in [3.8, 4) is 0 Å². The van der Waals surface area contributed by atoms with Gasteiger partial charge in [-0.2, -0.15) is 0 Å². The number of nitrogens with two attached hydrogens (primary N) is 1. The van der Waals surface area contributed by atoms with E-state index in [0.717, 1.165) is 21.1 Å². The zero-order chi connectivity index (χ0) is 33.9. The molecule has 1 aromatic heterocycles. The lowest BCUT2D eigenvalue weighted by Gasteiger charge is -2.42. The summed E-state index contributed by atoms with van der Waals surface area (Å²) in [5.41, 5.74) is 7.00. The number of amides is 5. The molecule has 13 heteroatoms. The summed E-state index contributed by atoms with van der Waals surface area (Å²) in [5, 5.41) is 15.3. The third-order valence-electron chi connectivity index (χ3n) is 9.07. The molecule has 0 aliphatic heterocycles. The summed E-state index contributed by atoms with van der Waals surface area (Å²) in [6, 6.07) is 7.97. The van der Waals surface area contributed by atoms with Crippen LogP contribution in [-0.2, 0) is 29.0 Å². The maximum Gasteiger partial charge on any atom is 0.408 e. The number of primary amides is 1. The summed E-state index contributed by atoms with van der Waals surface area (Å²) < 4.78 is 0. The number of nitrogens with one attached hydrogen (secondary N) is 2. The Balaban J connectivity index is 1.81. The number of fused-ring (bicyclic) bond motifs is 3. The quantitative estimate of drug-likeness (QED) is 0.170. The Labute approximate surface area is 283 Å². The number of urea groups is 1. The van der Waals surface area contributed by atoms with Gasteiger partial charge in [-0.1, -0.05) is 87.5 Å². The molecule has 46 heavy (non-hydrogen) atoms. The van der Waals surface area contributed by atoms with Crippen molar-refractivity contribution in [1.29, 1.82) is 0 Å². The molecule has 0 fully saturated rings. The topological polar surface area (TPSA) is 149 Å². The van der Waals surface area contributed by atoms with Crippen molar-refractivity contribution in [1.82, 2.24) is 20.1 Å². The van der Waals surface area contributed by atoms with Crippen LogP contribution in [0.3, 0.4) is 0 Å². The lowest BCUT2D eigenvalue weighted by atomic mass is 9.77. The van der Waals surface area contributed by atoms with Crippen molar-refractivity contribution in [2.45, 2.75) is 77.9 Å². The SMILES string of the molecule is CCC(C)[C@@H](C(=O)N[C@]1(C(=O)N(C[C@@H](C)CC)C(N)=O)CCc2[nH]c3c(Cl)cc(Cl)cc3c2C1)N(Cc1ccc(Cl)cc1)C(=O)O. The highest BCUT2D eigenvalue weighted by Gasteiger charge is 2.49. The fourth-order valence-electron chi connectivity index (χ4n) is 6.10. The van der Waals surface area contributed by atoms with Crippen molar-refractivity contribution in [3.63, 3.8) is 0 Å². The highest BCUT2D eigenvalue weighted by atomic mass is 35.5. The maximum absolute atomic E-state index is 14.5. The van der Waals surface area contributed by atoms with E-state index in [0.29, 0.717) is 50.8 Å². The number of halogens is 3. The molecule has 0 saturated carbocycles. The van der Waals surface area contributed by atoms with Crippen LogP contribution in [0.25, 0.3) is 10.9 Å². The molecule has 4 atom stereocenters. The number of carboxylic acid groups (broad SMARTS) is 1. The molecule has 2 aromatic carbocycles. The van der Waals surface area contributed by atoms with Gasteiger partial charge < -0.3 is 21.1 Å². The van der Waals surface area contributed by atoms with E-state index in [4.69, 9.17) is 40.5 Å². The molecule has 1 heterocycles. The molecule has 10 nitrogen and oxygen atoms in total. The van der Waals surface area contributed by atoms with Crippen LogP contribution in [-0.4, -0.2) is 62.0 Å². The smallest absolute Gasteiger partial charge is 0.408 e. The number of benzene rings is 2. The number of hydrogen-bond donors (Lipinski definition) is 4. The van der Waals surface area contributed by atoms with Gasteiger partial charge in [-0.25, -0.2) is 9.59 Å². The van der Waals surface area contributed by atoms with Gasteiger partial charge in [-0.3, -0.25) is 19.4 Å². The third kappa shape index (κ3) is 7.40. The number of nitrogens with zero attached hydrogens (tertiary/aromatic N) is 2. The molecule has 5 amide bonds. The normalized spacial score (nSPS) is 17.9. The van der Waals surface area contributed by atoms with Crippen molar-refractivity contribution in [2.75, 3.05) is 6.54 Å². The number of aromatic amines is 1.